The van der Waals surface area contributed by atoms with Crippen molar-refractivity contribution in [3.8, 4) is 0 Å². The van der Waals surface area contributed by atoms with E-state index in [1.54, 1.807) is 12.1 Å². The highest BCUT2D eigenvalue weighted by atomic mass is 16.5. The summed E-state index contributed by atoms with van der Waals surface area (Å²) in [5.41, 5.74) is 7.39. The minimum absolute atomic E-state index is 0.0450. The zero-order valence-electron chi connectivity index (χ0n) is 10.1. The molecule has 0 atom stereocenters. The summed E-state index contributed by atoms with van der Waals surface area (Å²) in [6.45, 7) is 4.95. The summed E-state index contributed by atoms with van der Waals surface area (Å²) < 4.78 is 4.65. The van der Waals surface area contributed by atoms with Crippen LogP contribution < -0.4 is 5.73 Å². The molecule has 0 fully saturated rings. The maximum Gasteiger partial charge on any atom is 0.337 e. The fourth-order valence-electron chi connectivity index (χ4n) is 1.68. The molecule has 16 heavy (non-hydrogen) atoms. The number of carbonyl (C=O) groups excluding carboxylic acids is 1. The molecule has 3 heteroatoms. The molecule has 0 radical (unpaired) electrons. The molecule has 0 saturated heterocycles. The molecule has 0 bridgehead atoms. The molecule has 1 rings (SSSR count). The van der Waals surface area contributed by atoms with E-state index >= 15 is 0 Å². The smallest absolute Gasteiger partial charge is 0.337 e. The second kappa shape index (κ2) is 5.12. The zero-order chi connectivity index (χ0) is 12.2. The van der Waals surface area contributed by atoms with Crippen molar-refractivity contribution in [2.45, 2.75) is 25.7 Å². The van der Waals surface area contributed by atoms with Gasteiger partial charge in [-0.25, -0.2) is 4.79 Å². The number of nitrogens with two attached hydrogens (primary N) is 1. The van der Waals surface area contributed by atoms with Crippen LogP contribution >= 0.6 is 0 Å². The van der Waals surface area contributed by atoms with Crippen LogP contribution in [0.15, 0.2) is 24.3 Å². The van der Waals surface area contributed by atoms with Crippen molar-refractivity contribution in [2.24, 2.45) is 5.73 Å². The Labute approximate surface area is 96.6 Å². The van der Waals surface area contributed by atoms with E-state index in [0.29, 0.717) is 12.1 Å². The molecule has 0 amide bonds. The Hall–Kier alpha value is -1.35. The molecule has 0 saturated carbocycles. The van der Waals surface area contributed by atoms with E-state index in [-0.39, 0.29) is 11.4 Å². The van der Waals surface area contributed by atoms with Crippen LogP contribution in [0.3, 0.4) is 0 Å². The quantitative estimate of drug-likeness (QED) is 0.792. The number of methoxy groups -OCH3 is 1. The van der Waals surface area contributed by atoms with Crippen molar-refractivity contribution in [1.82, 2.24) is 0 Å². The molecule has 0 aliphatic heterocycles. The average Bonchev–Trinajstić information content (AvgIpc) is 2.28. The van der Waals surface area contributed by atoms with Gasteiger partial charge in [-0.1, -0.05) is 26.0 Å². The maximum absolute atomic E-state index is 11.3. The van der Waals surface area contributed by atoms with Crippen LogP contribution in [0.4, 0.5) is 0 Å². The number of hydrogen-bond acceptors (Lipinski definition) is 3. The van der Waals surface area contributed by atoms with Gasteiger partial charge < -0.3 is 10.5 Å². The van der Waals surface area contributed by atoms with Gasteiger partial charge in [-0.05, 0) is 36.1 Å². The average molecular weight is 221 g/mol. The summed E-state index contributed by atoms with van der Waals surface area (Å²) in [4.78, 5) is 11.3. The fourth-order valence-corrected chi connectivity index (χ4v) is 1.68. The summed E-state index contributed by atoms with van der Waals surface area (Å²) in [6, 6.07) is 7.50. The second-order valence-corrected chi connectivity index (χ2v) is 4.49. The molecule has 2 N–H and O–H groups in total. The highest BCUT2D eigenvalue weighted by Gasteiger charge is 2.19. The Bertz CT molecular complexity index is 355. The van der Waals surface area contributed by atoms with Gasteiger partial charge in [-0.15, -0.1) is 0 Å². The minimum atomic E-state index is -0.303. The Morgan fingerprint density at radius 3 is 2.31 bits per heavy atom. The first-order valence-corrected chi connectivity index (χ1v) is 5.40. The molecular formula is C13H19NO2. The second-order valence-electron chi connectivity index (χ2n) is 4.49. The number of benzene rings is 1. The van der Waals surface area contributed by atoms with E-state index in [0.717, 1.165) is 6.42 Å². The molecule has 0 aliphatic carbocycles. The number of carbonyl (C=O) groups is 1. The molecule has 1 aromatic rings. The van der Waals surface area contributed by atoms with Crippen LogP contribution in [0.1, 0.15) is 36.2 Å². The van der Waals surface area contributed by atoms with Crippen molar-refractivity contribution in [1.29, 1.82) is 0 Å². The van der Waals surface area contributed by atoms with Crippen molar-refractivity contribution >= 4 is 5.97 Å². The first-order chi connectivity index (χ1) is 7.51. The van der Waals surface area contributed by atoms with Gasteiger partial charge in [0, 0.05) is 0 Å². The normalized spacial score (nSPS) is 11.2. The van der Waals surface area contributed by atoms with Crippen molar-refractivity contribution < 1.29 is 9.53 Å². The van der Waals surface area contributed by atoms with Crippen LogP contribution in [0, 0.1) is 0 Å². The van der Waals surface area contributed by atoms with Crippen molar-refractivity contribution in [3.05, 3.63) is 35.4 Å². The Balaban J connectivity index is 2.90. The molecule has 0 spiro atoms. The lowest BCUT2D eigenvalue weighted by molar-refractivity contribution is 0.0600. The molecule has 0 aromatic heterocycles. The lowest BCUT2D eigenvalue weighted by Gasteiger charge is -2.24. The van der Waals surface area contributed by atoms with E-state index in [4.69, 9.17) is 5.73 Å². The van der Waals surface area contributed by atoms with Gasteiger partial charge in [0.05, 0.1) is 12.7 Å². The van der Waals surface area contributed by atoms with Crippen molar-refractivity contribution in [3.63, 3.8) is 0 Å². The molecular weight excluding hydrogens is 202 g/mol. The van der Waals surface area contributed by atoms with Gasteiger partial charge in [0.15, 0.2) is 0 Å². The van der Waals surface area contributed by atoms with E-state index in [1.165, 1.54) is 12.7 Å². The number of ether oxygens (including phenoxy) is 1. The highest BCUT2D eigenvalue weighted by molar-refractivity contribution is 5.89. The van der Waals surface area contributed by atoms with Gasteiger partial charge in [-0.3, -0.25) is 0 Å². The zero-order valence-corrected chi connectivity index (χ0v) is 10.1. The molecule has 0 heterocycles. The largest absolute Gasteiger partial charge is 0.465 e. The lowest BCUT2D eigenvalue weighted by atomic mass is 9.81. The van der Waals surface area contributed by atoms with E-state index in [2.05, 4.69) is 18.6 Å². The van der Waals surface area contributed by atoms with E-state index < -0.39 is 0 Å². The Morgan fingerprint density at radius 1 is 1.31 bits per heavy atom. The van der Waals surface area contributed by atoms with Gasteiger partial charge >= 0.3 is 5.97 Å². The Kier molecular flexibility index (Phi) is 4.07. The fraction of sp³-hybridized carbons (Fsp3) is 0.462. The predicted molar refractivity (Wildman–Crippen MR) is 64.5 cm³/mol. The first kappa shape index (κ1) is 12.7. The summed E-state index contributed by atoms with van der Waals surface area (Å²) >= 11 is 0. The third-order valence-electron chi connectivity index (χ3n) is 2.86. The SMILES string of the molecule is COC(=O)c1ccc(C(C)(C)CCN)cc1. The summed E-state index contributed by atoms with van der Waals surface area (Å²) in [5, 5.41) is 0. The van der Waals surface area contributed by atoms with E-state index in [9.17, 15) is 4.79 Å². The Morgan fingerprint density at radius 2 is 1.88 bits per heavy atom. The molecule has 3 nitrogen and oxygen atoms in total. The summed E-state index contributed by atoms with van der Waals surface area (Å²) in [6.07, 6.45) is 0.921. The topological polar surface area (TPSA) is 52.3 Å². The molecule has 0 unspecified atom stereocenters. The standard InChI is InChI=1S/C13H19NO2/c1-13(2,8-9-14)11-6-4-10(5-7-11)12(15)16-3/h4-7H,8-9,14H2,1-3H3. The number of hydrogen-bond donors (Lipinski definition) is 1. The lowest BCUT2D eigenvalue weighted by Crippen LogP contribution is -2.21. The third kappa shape index (κ3) is 2.83. The highest BCUT2D eigenvalue weighted by Crippen LogP contribution is 2.26. The van der Waals surface area contributed by atoms with Crippen LogP contribution in [0.2, 0.25) is 0 Å². The van der Waals surface area contributed by atoms with Crippen LogP contribution in [-0.2, 0) is 10.2 Å². The van der Waals surface area contributed by atoms with E-state index in [1.807, 2.05) is 12.1 Å². The minimum Gasteiger partial charge on any atom is -0.465 e. The molecule has 0 aliphatic rings. The van der Waals surface area contributed by atoms with Gasteiger partial charge in [0.1, 0.15) is 0 Å². The monoisotopic (exact) mass is 221 g/mol. The van der Waals surface area contributed by atoms with Gasteiger partial charge in [-0.2, -0.15) is 0 Å². The first-order valence-electron chi connectivity index (χ1n) is 5.40. The maximum atomic E-state index is 11.3. The number of esters is 1. The summed E-state index contributed by atoms with van der Waals surface area (Å²) in [7, 11) is 1.38. The molecule has 1 aromatic carbocycles. The summed E-state index contributed by atoms with van der Waals surface area (Å²) in [5.74, 6) is -0.303. The molecule has 88 valence electrons. The van der Waals surface area contributed by atoms with Crippen LogP contribution in [0.5, 0.6) is 0 Å². The van der Waals surface area contributed by atoms with Gasteiger partial charge in [0.25, 0.3) is 0 Å². The van der Waals surface area contributed by atoms with Crippen LogP contribution in [0.25, 0.3) is 0 Å². The van der Waals surface area contributed by atoms with Crippen LogP contribution in [-0.4, -0.2) is 19.6 Å². The van der Waals surface area contributed by atoms with Crippen molar-refractivity contribution in [2.75, 3.05) is 13.7 Å². The third-order valence-corrected chi connectivity index (χ3v) is 2.86. The van der Waals surface area contributed by atoms with Gasteiger partial charge in [0.2, 0.25) is 0 Å². The predicted octanol–water partition coefficient (Wildman–Crippen LogP) is 2.10. The number of rotatable bonds is 4.